The van der Waals surface area contributed by atoms with Gasteiger partial charge in [0.1, 0.15) is 6.04 Å². The van der Waals surface area contributed by atoms with Gasteiger partial charge in [0, 0.05) is 19.6 Å². The Bertz CT molecular complexity index is 1040. The van der Waals surface area contributed by atoms with Crippen LogP contribution >= 0.6 is 0 Å². The molecule has 0 spiro atoms. The van der Waals surface area contributed by atoms with E-state index in [1.165, 1.54) is 11.1 Å². The van der Waals surface area contributed by atoms with E-state index in [4.69, 9.17) is 0 Å². The first-order chi connectivity index (χ1) is 15.8. The topological polar surface area (TPSA) is 32.3 Å². The highest BCUT2D eigenvalue weighted by atomic mass is 16.2. The Labute approximate surface area is 190 Å². The van der Waals surface area contributed by atoms with E-state index < -0.39 is 6.04 Å². The van der Waals surface area contributed by atoms with Gasteiger partial charge in [0.05, 0.1) is 0 Å². The van der Waals surface area contributed by atoms with Crippen molar-refractivity contribution in [2.24, 2.45) is 0 Å². The van der Waals surface area contributed by atoms with Crippen LogP contribution in [0.1, 0.15) is 28.3 Å². The molecule has 0 aliphatic heterocycles. The molecule has 160 valence electrons. The lowest BCUT2D eigenvalue weighted by Crippen LogP contribution is -2.40. The number of rotatable bonds is 9. The molecule has 0 aliphatic carbocycles. The van der Waals surface area contributed by atoms with Gasteiger partial charge < -0.3 is 5.32 Å². The number of carbonyl (C=O) groups excluding carboxylic acids is 1. The van der Waals surface area contributed by atoms with Crippen molar-refractivity contribution in [1.29, 1.82) is 0 Å². The number of benzene rings is 4. The van der Waals surface area contributed by atoms with E-state index >= 15 is 0 Å². The Balaban J connectivity index is 1.64. The summed E-state index contributed by atoms with van der Waals surface area (Å²) in [5, 5.41) is 3.17. The van der Waals surface area contributed by atoms with Crippen LogP contribution in [0.4, 0.5) is 0 Å². The molecular weight excluding hydrogens is 392 g/mol. The van der Waals surface area contributed by atoms with E-state index in [9.17, 15) is 4.79 Å². The van der Waals surface area contributed by atoms with Gasteiger partial charge in [-0.2, -0.15) is 0 Å². The predicted octanol–water partition coefficient (Wildman–Crippen LogP) is 5.75. The first-order valence-electron chi connectivity index (χ1n) is 11.0. The van der Waals surface area contributed by atoms with Crippen LogP contribution < -0.4 is 5.32 Å². The van der Waals surface area contributed by atoms with Gasteiger partial charge in [-0.05, 0) is 22.3 Å². The van der Waals surface area contributed by atoms with Crippen LogP contribution in [-0.4, -0.2) is 10.8 Å². The molecule has 1 amide bonds. The first kappa shape index (κ1) is 21.5. The van der Waals surface area contributed by atoms with E-state index in [0.29, 0.717) is 19.6 Å². The van der Waals surface area contributed by atoms with Gasteiger partial charge in [0.25, 0.3) is 0 Å². The number of amides is 1. The lowest BCUT2D eigenvalue weighted by atomic mass is 10.0. The third-order valence-electron chi connectivity index (χ3n) is 5.50. The van der Waals surface area contributed by atoms with E-state index in [1.807, 2.05) is 97.1 Å². The Morgan fingerprint density at radius 3 is 1.47 bits per heavy atom. The lowest BCUT2D eigenvalue weighted by molar-refractivity contribution is -0.127. The molecule has 4 aromatic carbocycles. The highest BCUT2D eigenvalue weighted by Gasteiger charge is 2.28. The third-order valence-corrected chi connectivity index (χ3v) is 5.50. The minimum Gasteiger partial charge on any atom is -0.350 e. The highest BCUT2D eigenvalue weighted by Crippen LogP contribution is 2.26. The normalized spacial score (nSPS) is 11.8. The molecule has 0 bridgehead atoms. The third kappa shape index (κ3) is 5.93. The van der Waals surface area contributed by atoms with Crippen molar-refractivity contribution in [1.82, 2.24) is 10.2 Å². The van der Waals surface area contributed by atoms with Crippen LogP contribution in [0.5, 0.6) is 0 Å². The molecular formula is C29H28N2O. The summed E-state index contributed by atoms with van der Waals surface area (Å²) in [5.41, 5.74) is 4.44. The Hall–Kier alpha value is -3.69. The highest BCUT2D eigenvalue weighted by molar-refractivity contribution is 5.83. The fraction of sp³-hybridized carbons (Fsp3) is 0.138. The summed E-state index contributed by atoms with van der Waals surface area (Å²) in [4.78, 5) is 15.8. The largest absolute Gasteiger partial charge is 0.350 e. The van der Waals surface area contributed by atoms with Gasteiger partial charge in [-0.15, -0.1) is 0 Å². The number of hydrogen-bond donors (Lipinski definition) is 1. The smallest absolute Gasteiger partial charge is 0.242 e. The van der Waals surface area contributed by atoms with Crippen LogP contribution in [0.2, 0.25) is 0 Å². The quantitative estimate of drug-likeness (QED) is 0.374. The first-order valence-corrected chi connectivity index (χ1v) is 11.0. The van der Waals surface area contributed by atoms with Gasteiger partial charge in [0.15, 0.2) is 0 Å². The second-order valence-corrected chi connectivity index (χ2v) is 7.89. The van der Waals surface area contributed by atoms with E-state index in [-0.39, 0.29) is 5.91 Å². The maximum absolute atomic E-state index is 13.6. The summed E-state index contributed by atoms with van der Waals surface area (Å²) < 4.78 is 0. The van der Waals surface area contributed by atoms with E-state index in [2.05, 4.69) is 34.5 Å². The SMILES string of the molecule is O=C(NCc1ccccc1)C(c1ccccc1)N(Cc1ccccc1)Cc1ccccc1. The van der Waals surface area contributed by atoms with Crippen LogP contribution in [-0.2, 0) is 24.4 Å². The molecule has 32 heavy (non-hydrogen) atoms. The van der Waals surface area contributed by atoms with Crippen LogP contribution in [0.15, 0.2) is 121 Å². The molecule has 0 heterocycles. The monoisotopic (exact) mass is 420 g/mol. The van der Waals surface area contributed by atoms with Gasteiger partial charge in [-0.1, -0.05) is 121 Å². The molecule has 0 fully saturated rings. The van der Waals surface area contributed by atoms with Gasteiger partial charge in [-0.25, -0.2) is 0 Å². The van der Waals surface area contributed by atoms with E-state index in [1.54, 1.807) is 0 Å². The van der Waals surface area contributed by atoms with Crippen LogP contribution in [0.3, 0.4) is 0 Å². The minimum atomic E-state index is -0.402. The molecule has 0 saturated carbocycles. The second-order valence-electron chi connectivity index (χ2n) is 7.89. The molecule has 0 aromatic heterocycles. The molecule has 1 atom stereocenters. The summed E-state index contributed by atoms with van der Waals surface area (Å²) in [5.74, 6) is 0.00640. The molecule has 1 N–H and O–H groups in total. The zero-order valence-electron chi connectivity index (χ0n) is 18.1. The van der Waals surface area contributed by atoms with Gasteiger partial charge >= 0.3 is 0 Å². The van der Waals surface area contributed by atoms with Gasteiger partial charge in [0.2, 0.25) is 5.91 Å². The van der Waals surface area contributed by atoms with Crippen molar-refractivity contribution in [3.63, 3.8) is 0 Å². The predicted molar refractivity (Wildman–Crippen MR) is 130 cm³/mol. The second kappa shape index (κ2) is 11.1. The van der Waals surface area contributed by atoms with Crippen molar-refractivity contribution in [2.45, 2.75) is 25.7 Å². The molecule has 3 heteroatoms. The maximum atomic E-state index is 13.6. The number of carbonyl (C=O) groups is 1. The van der Waals surface area contributed by atoms with Gasteiger partial charge in [-0.3, -0.25) is 9.69 Å². The number of nitrogens with one attached hydrogen (secondary N) is 1. The Kier molecular flexibility index (Phi) is 7.46. The number of nitrogens with zero attached hydrogens (tertiary/aromatic N) is 1. The molecule has 0 radical (unpaired) electrons. The van der Waals surface area contributed by atoms with Crippen molar-refractivity contribution < 1.29 is 4.79 Å². The zero-order valence-corrected chi connectivity index (χ0v) is 18.1. The number of hydrogen-bond acceptors (Lipinski definition) is 2. The standard InChI is InChI=1S/C29H28N2O/c32-29(30-21-24-13-5-1-6-14-24)28(27-19-11-4-12-20-27)31(22-25-15-7-2-8-16-25)23-26-17-9-3-10-18-26/h1-20,28H,21-23H2,(H,30,32). The van der Waals surface area contributed by atoms with Crippen molar-refractivity contribution >= 4 is 5.91 Å². The maximum Gasteiger partial charge on any atom is 0.242 e. The summed E-state index contributed by atoms with van der Waals surface area (Å²) in [7, 11) is 0. The zero-order chi connectivity index (χ0) is 22.0. The molecule has 4 aromatic rings. The molecule has 0 saturated heterocycles. The fourth-order valence-corrected chi connectivity index (χ4v) is 3.92. The molecule has 1 unspecified atom stereocenters. The summed E-state index contributed by atoms with van der Waals surface area (Å²) in [6.07, 6.45) is 0. The molecule has 0 aliphatic rings. The minimum absolute atomic E-state index is 0.00640. The Morgan fingerprint density at radius 2 is 1.00 bits per heavy atom. The van der Waals surface area contributed by atoms with E-state index in [0.717, 1.165) is 11.1 Å². The Morgan fingerprint density at radius 1 is 0.594 bits per heavy atom. The average molecular weight is 421 g/mol. The summed E-state index contributed by atoms with van der Waals surface area (Å²) in [6, 6.07) is 40.4. The van der Waals surface area contributed by atoms with Crippen LogP contribution in [0.25, 0.3) is 0 Å². The molecule has 3 nitrogen and oxygen atoms in total. The summed E-state index contributed by atoms with van der Waals surface area (Å²) >= 11 is 0. The lowest BCUT2D eigenvalue weighted by Gasteiger charge is -2.31. The van der Waals surface area contributed by atoms with Crippen molar-refractivity contribution in [3.05, 3.63) is 144 Å². The van der Waals surface area contributed by atoms with Crippen molar-refractivity contribution in [3.8, 4) is 0 Å². The average Bonchev–Trinajstić information content (AvgIpc) is 2.85. The van der Waals surface area contributed by atoms with Crippen molar-refractivity contribution in [2.75, 3.05) is 0 Å². The van der Waals surface area contributed by atoms with Crippen LogP contribution in [0, 0.1) is 0 Å². The fourth-order valence-electron chi connectivity index (χ4n) is 3.92. The summed E-state index contributed by atoms with van der Waals surface area (Å²) in [6.45, 7) is 1.86. The molecule has 4 rings (SSSR count).